The van der Waals surface area contributed by atoms with Gasteiger partial charge in [0, 0.05) is 10.4 Å². The Bertz CT molecular complexity index is 840. The number of carbonyl (C=O) groups is 1. The standard InChI is InChI=1S/C20H18ClNO2/c1-14(15-9-11-17(21)12-10-15)22-20(23)13-24-19-8-4-6-16-5-2-3-7-18(16)19/h2-12,14H,13H2,1H3,(H,22,23)/t14-/m1/s1. The molecule has 3 aromatic carbocycles. The van der Waals surface area contributed by atoms with E-state index >= 15 is 0 Å². The van der Waals surface area contributed by atoms with Gasteiger partial charge in [0.1, 0.15) is 5.75 Å². The highest BCUT2D eigenvalue weighted by Crippen LogP contribution is 2.25. The second kappa shape index (κ2) is 7.37. The molecule has 0 aliphatic carbocycles. The highest BCUT2D eigenvalue weighted by molar-refractivity contribution is 6.30. The van der Waals surface area contributed by atoms with Gasteiger partial charge in [-0.3, -0.25) is 4.79 Å². The number of rotatable bonds is 5. The number of ether oxygens (including phenoxy) is 1. The molecule has 1 amide bonds. The number of fused-ring (bicyclic) bond motifs is 1. The van der Waals surface area contributed by atoms with Crippen molar-refractivity contribution in [3.05, 3.63) is 77.3 Å². The molecule has 4 heteroatoms. The van der Waals surface area contributed by atoms with Crippen LogP contribution < -0.4 is 10.1 Å². The summed E-state index contributed by atoms with van der Waals surface area (Å²) >= 11 is 5.88. The summed E-state index contributed by atoms with van der Waals surface area (Å²) in [4.78, 5) is 12.1. The van der Waals surface area contributed by atoms with E-state index in [0.29, 0.717) is 10.8 Å². The van der Waals surface area contributed by atoms with Crippen molar-refractivity contribution < 1.29 is 9.53 Å². The minimum atomic E-state index is -0.162. The molecular formula is C20H18ClNO2. The molecule has 122 valence electrons. The summed E-state index contributed by atoms with van der Waals surface area (Å²) in [6.45, 7) is 1.91. The molecule has 0 radical (unpaired) electrons. The number of hydrogen-bond donors (Lipinski definition) is 1. The molecule has 0 bridgehead atoms. The monoisotopic (exact) mass is 339 g/mol. The minimum Gasteiger partial charge on any atom is -0.483 e. The highest BCUT2D eigenvalue weighted by atomic mass is 35.5. The van der Waals surface area contributed by atoms with Gasteiger partial charge in [-0.25, -0.2) is 0 Å². The lowest BCUT2D eigenvalue weighted by Gasteiger charge is -2.15. The predicted molar refractivity (Wildman–Crippen MR) is 97.5 cm³/mol. The van der Waals surface area contributed by atoms with Gasteiger partial charge in [-0.15, -0.1) is 0 Å². The molecule has 0 saturated heterocycles. The summed E-state index contributed by atoms with van der Waals surface area (Å²) in [5, 5.41) is 5.69. The van der Waals surface area contributed by atoms with E-state index in [1.165, 1.54) is 0 Å². The maximum Gasteiger partial charge on any atom is 0.258 e. The van der Waals surface area contributed by atoms with E-state index in [4.69, 9.17) is 16.3 Å². The zero-order valence-electron chi connectivity index (χ0n) is 13.3. The lowest BCUT2D eigenvalue weighted by molar-refractivity contribution is -0.123. The van der Waals surface area contributed by atoms with Gasteiger partial charge >= 0.3 is 0 Å². The van der Waals surface area contributed by atoms with Gasteiger partial charge in [-0.2, -0.15) is 0 Å². The summed E-state index contributed by atoms with van der Waals surface area (Å²) in [6.07, 6.45) is 0. The van der Waals surface area contributed by atoms with Crippen LogP contribution in [0.3, 0.4) is 0 Å². The molecule has 1 N–H and O–H groups in total. The molecular weight excluding hydrogens is 322 g/mol. The molecule has 0 aliphatic rings. The van der Waals surface area contributed by atoms with Crippen LogP contribution in [0, 0.1) is 0 Å². The zero-order chi connectivity index (χ0) is 16.9. The molecule has 0 heterocycles. The molecule has 3 aromatic rings. The van der Waals surface area contributed by atoms with Gasteiger partial charge in [0.05, 0.1) is 6.04 Å². The summed E-state index contributed by atoms with van der Waals surface area (Å²) in [5.41, 5.74) is 0.998. The SMILES string of the molecule is C[C@@H](NC(=O)COc1cccc2ccccc12)c1ccc(Cl)cc1. The fourth-order valence-electron chi connectivity index (χ4n) is 2.58. The molecule has 0 unspecified atom stereocenters. The maximum absolute atomic E-state index is 12.1. The van der Waals surface area contributed by atoms with Crippen molar-refractivity contribution in [3.63, 3.8) is 0 Å². The molecule has 3 nitrogen and oxygen atoms in total. The second-order valence-corrected chi connectivity index (χ2v) is 6.04. The van der Waals surface area contributed by atoms with E-state index in [9.17, 15) is 4.79 Å². The van der Waals surface area contributed by atoms with Crippen LogP contribution in [0.15, 0.2) is 66.7 Å². The smallest absolute Gasteiger partial charge is 0.258 e. The van der Waals surface area contributed by atoms with Crippen LogP contribution in [-0.4, -0.2) is 12.5 Å². The lowest BCUT2D eigenvalue weighted by Crippen LogP contribution is -2.31. The van der Waals surface area contributed by atoms with Crippen LogP contribution in [0.2, 0.25) is 5.02 Å². The van der Waals surface area contributed by atoms with Gasteiger partial charge in [-0.05, 0) is 36.1 Å². The summed E-state index contributed by atoms with van der Waals surface area (Å²) in [6, 6.07) is 21.1. The molecule has 0 spiro atoms. The van der Waals surface area contributed by atoms with Crippen molar-refractivity contribution in [1.82, 2.24) is 5.32 Å². The highest BCUT2D eigenvalue weighted by Gasteiger charge is 2.11. The number of halogens is 1. The fraction of sp³-hybridized carbons (Fsp3) is 0.150. The number of amides is 1. The van der Waals surface area contributed by atoms with Gasteiger partial charge in [0.25, 0.3) is 5.91 Å². The van der Waals surface area contributed by atoms with Crippen LogP contribution in [0.25, 0.3) is 10.8 Å². The normalized spacial score (nSPS) is 11.9. The Morgan fingerprint density at radius 1 is 1.04 bits per heavy atom. The Kier molecular flexibility index (Phi) is 5.02. The molecule has 0 fully saturated rings. The van der Waals surface area contributed by atoms with Crippen molar-refractivity contribution in [2.75, 3.05) is 6.61 Å². The van der Waals surface area contributed by atoms with Crippen molar-refractivity contribution in [2.45, 2.75) is 13.0 Å². The Morgan fingerprint density at radius 3 is 2.54 bits per heavy atom. The number of carbonyl (C=O) groups excluding carboxylic acids is 1. The van der Waals surface area contributed by atoms with Crippen LogP contribution in [0.4, 0.5) is 0 Å². The van der Waals surface area contributed by atoms with E-state index in [2.05, 4.69) is 5.32 Å². The molecule has 3 rings (SSSR count). The third-order valence-electron chi connectivity index (χ3n) is 3.86. The first-order valence-corrected chi connectivity index (χ1v) is 8.16. The van der Waals surface area contributed by atoms with Crippen molar-refractivity contribution in [1.29, 1.82) is 0 Å². The third kappa shape index (κ3) is 3.87. The zero-order valence-corrected chi connectivity index (χ0v) is 14.1. The van der Waals surface area contributed by atoms with E-state index < -0.39 is 0 Å². The van der Waals surface area contributed by atoms with Gasteiger partial charge in [0.15, 0.2) is 6.61 Å². The predicted octanol–water partition coefficient (Wildman–Crippen LogP) is 4.75. The Labute approximate surface area is 146 Å². The van der Waals surface area contributed by atoms with E-state index in [0.717, 1.165) is 16.3 Å². The first-order chi connectivity index (χ1) is 11.6. The number of nitrogens with one attached hydrogen (secondary N) is 1. The van der Waals surface area contributed by atoms with Crippen LogP contribution >= 0.6 is 11.6 Å². The quantitative estimate of drug-likeness (QED) is 0.728. The average molecular weight is 340 g/mol. The number of benzene rings is 3. The Balaban J connectivity index is 1.62. The average Bonchev–Trinajstić information content (AvgIpc) is 2.60. The van der Waals surface area contributed by atoms with E-state index in [-0.39, 0.29) is 18.6 Å². The van der Waals surface area contributed by atoms with Gasteiger partial charge in [0.2, 0.25) is 0 Å². The topological polar surface area (TPSA) is 38.3 Å². The van der Waals surface area contributed by atoms with Crippen LogP contribution in [-0.2, 0) is 4.79 Å². The van der Waals surface area contributed by atoms with Crippen molar-refractivity contribution >= 4 is 28.3 Å². The Morgan fingerprint density at radius 2 is 1.75 bits per heavy atom. The molecule has 0 aromatic heterocycles. The fourth-order valence-corrected chi connectivity index (χ4v) is 2.71. The molecule has 1 atom stereocenters. The summed E-state index contributed by atoms with van der Waals surface area (Å²) in [5.74, 6) is 0.549. The maximum atomic E-state index is 12.1. The van der Waals surface area contributed by atoms with Gasteiger partial charge < -0.3 is 10.1 Å². The molecule has 24 heavy (non-hydrogen) atoms. The summed E-state index contributed by atoms with van der Waals surface area (Å²) in [7, 11) is 0. The largest absolute Gasteiger partial charge is 0.483 e. The number of hydrogen-bond acceptors (Lipinski definition) is 2. The second-order valence-electron chi connectivity index (χ2n) is 5.61. The van der Waals surface area contributed by atoms with Crippen molar-refractivity contribution in [3.8, 4) is 5.75 Å². The Hall–Kier alpha value is -2.52. The molecule has 0 saturated carbocycles. The first kappa shape index (κ1) is 16.3. The molecule has 0 aliphatic heterocycles. The summed E-state index contributed by atoms with van der Waals surface area (Å²) < 4.78 is 5.70. The minimum absolute atomic E-state index is 0.0219. The third-order valence-corrected chi connectivity index (χ3v) is 4.11. The van der Waals surface area contributed by atoms with E-state index in [1.807, 2.05) is 73.7 Å². The van der Waals surface area contributed by atoms with Crippen LogP contribution in [0.1, 0.15) is 18.5 Å². The lowest BCUT2D eigenvalue weighted by atomic mass is 10.1. The van der Waals surface area contributed by atoms with E-state index in [1.54, 1.807) is 0 Å². The van der Waals surface area contributed by atoms with Crippen molar-refractivity contribution in [2.24, 2.45) is 0 Å². The van der Waals surface area contributed by atoms with Gasteiger partial charge in [-0.1, -0.05) is 60.1 Å². The van der Waals surface area contributed by atoms with Crippen LogP contribution in [0.5, 0.6) is 5.75 Å². The first-order valence-electron chi connectivity index (χ1n) is 7.79.